The summed E-state index contributed by atoms with van der Waals surface area (Å²) in [5, 5.41) is 3.52. The van der Waals surface area contributed by atoms with Crippen LogP contribution in [0.15, 0.2) is 6.20 Å². The molecule has 0 amide bonds. The van der Waals surface area contributed by atoms with E-state index in [1.165, 1.54) is 12.8 Å². The molecule has 0 unspecified atom stereocenters. The van der Waals surface area contributed by atoms with Gasteiger partial charge in [-0.2, -0.15) is 0 Å². The molecule has 0 saturated heterocycles. The second-order valence-electron chi connectivity index (χ2n) is 5.26. The van der Waals surface area contributed by atoms with Crippen LogP contribution in [0.3, 0.4) is 0 Å². The molecule has 1 aliphatic carbocycles. The van der Waals surface area contributed by atoms with E-state index in [2.05, 4.69) is 34.0 Å². The average Bonchev–Trinajstić information content (AvgIpc) is 3.09. The van der Waals surface area contributed by atoms with Gasteiger partial charge >= 0.3 is 0 Å². The SMILES string of the molecule is CC(C)c1ncc(N(C)C)c(CNC2CC2)n1. The Hall–Kier alpha value is -1.16. The van der Waals surface area contributed by atoms with Gasteiger partial charge in [0.15, 0.2) is 0 Å². The standard InChI is InChI=1S/C13H22N4/c1-9(2)13-15-8-12(17(3)4)11(16-13)7-14-10-5-6-10/h8-10,14H,5-7H2,1-4H3. The van der Waals surface area contributed by atoms with Gasteiger partial charge in [-0.3, -0.25) is 0 Å². The molecule has 1 N–H and O–H groups in total. The van der Waals surface area contributed by atoms with E-state index < -0.39 is 0 Å². The van der Waals surface area contributed by atoms with Crippen molar-refractivity contribution in [2.75, 3.05) is 19.0 Å². The molecular formula is C13H22N4. The fraction of sp³-hybridized carbons (Fsp3) is 0.692. The fourth-order valence-corrected chi connectivity index (χ4v) is 1.74. The van der Waals surface area contributed by atoms with Crippen LogP contribution in [0.4, 0.5) is 5.69 Å². The predicted octanol–water partition coefficient (Wildman–Crippen LogP) is 1.92. The highest BCUT2D eigenvalue weighted by atomic mass is 15.1. The molecule has 4 heteroatoms. The molecule has 1 aromatic rings. The third-order valence-electron chi connectivity index (χ3n) is 3.00. The van der Waals surface area contributed by atoms with E-state index in [9.17, 15) is 0 Å². The third kappa shape index (κ3) is 3.16. The van der Waals surface area contributed by atoms with E-state index in [-0.39, 0.29) is 0 Å². The number of nitrogens with zero attached hydrogens (tertiary/aromatic N) is 3. The van der Waals surface area contributed by atoms with Crippen molar-refractivity contribution in [3.63, 3.8) is 0 Å². The van der Waals surface area contributed by atoms with Crippen molar-refractivity contribution in [2.45, 2.75) is 45.2 Å². The highest BCUT2D eigenvalue weighted by molar-refractivity contribution is 5.47. The van der Waals surface area contributed by atoms with Crippen LogP contribution in [-0.2, 0) is 6.54 Å². The Kier molecular flexibility index (Phi) is 3.62. The summed E-state index contributed by atoms with van der Waals surface area (Å²) in [6, 6.07) is 0.711. The quantitative estimate of drug-likeness (QED) is 0.845. The van der Waals surface area contributed by atoms with Crippen LogP contribution < -0.4 is 10.2 Å². The number of aromatic nitrogens is 2. The molecule has 2 rings (SSSR count). The number of nitrogens with one attached hydrogen (secondary N) is 1. The van der Waals surface area contributed by atoms with Crippen molar-refractivity contribution in [1.82, 2.24) is 15.3 Å². The van der Waals surface area contributed by atoms with Gasteiger partial charge < -0.3 is 10.2 Å². The second-order valence-corrected chi connectivity index (χ2v) is 5.26. The lowest BCUT2D eigenvalue weighted by molar-refractivity contribution is 0.658. The van der Waals surface area contributed by atoms with Crippen LogP contribution in [0.5, 0.6) is 0 Å². The first kappa shape index (κ1) is 12.3. The zero-order valence-corrected chi connectivity index (χ0v) is 11.2. The van der Waals surface area contributed by atoms with Gasteiger partial charge in [-0.15, -0.1) is 0 Å². The Morgan fingerprint density at radius 2 is 2.12 bits per heavy atom. The molecule has 0 aliphatic heterocycles. The van der Waals surface area contributed by atoms with Gasteiger partial charge in [-0.1, -0.05) is 13.8 Å². The van der Waals surface area contributed by atoms with Crippen LogP contribution in [0, 0.1) is 0 Å². The summed E-state index contributed by atoms with van der Waals surface area (Å²) in [7, 11) is 4.07. The van der Waals surface area contributed by atoms with E-state index in [0.717, 1.165) is 23.8 Å². The molecule has 0 bridgehead atoms. The molecule has 1 saturated carbocycles. The summed E-state index contributed by atoms with van der Waals surface area (Å²) in [5.74, 6) is 1.31. The molecular weight excluding hydrogens is 212 g/mol. The first-order chi connectivity index (χ1) is 8.08. The minimum atomic E-state index is 0.380. The maximum Gasteiger partial charge on any atom is 0.131 e. The third-order valence-corrected chi connectivity index (χ3v) is 3.00. The molecule has 1 fully saturated rings. The average molecular weight is 234 g/mol. The van der Waals surface area contributed by atoms with Crippen molar-refractivity contribution in [3.05, 3.63) is 17.7 Å². The predicted molar refractivity (Wildman–Crippen MR) is 70.3 cm³/mol. The number of rotatable bonds is 5. The summed E-state index contributed by atoms with van der Waals surface area (Å²) >= 11 is 0. The normalized spacial score (nSPS) is 15.4. The molecule has 0 spiro atoms. The van der Waals surface area contributed by atoms with Gasteiger partial charge in [0, 0.05) is 32.6 Å². The summed E-state index contributed by atoms with van der Waals surface area (Å²) in [5.41, 5.74) is 2.23. The number of anilines is 1. The van der Waals surface area contributed by atoms with Crippen LogP contribution in [0.25, 0.3) is 0 Å². The monoisotopic (exact) mass is 234 g/mol. The Morgan fingerprint density at radius 3 is 2.65 bits per heavy atom. The fourth-order valence-electron chi connectivity index (χ4n) is 1.74. The lowest BCUT2D eigenvalue weighted by Gasteiger charge is -2.18. The van der Waals surface area contributed by atoms with E-state index in [1.54, 1.807) is 0 Å². The zero-order chi connectivity index (χ0) is 12.4. The molecule has 94 valence electrons. The van der Waals surface area contributed by atoms with E-state index in [1.807, 2.05) is 20.3 Å². The van der Waals surface area contributed by atoms with Gasteiger partial charge in [0.2, 0.25) is 0 Å². The van der Waals surface area contributed by atoms with Crippen molar-refractivity contribution in [1.29, 1.82) is 0 Å². The van der Waals surface area contributed by atoms with E-state index in [4.69, 9.17) is 0 Å². The maximum atomic E-state index is 4.68. The summed E-state index contributed by atoms with van der Waals surface area (Å²) in [6.45, 7) is 5.10. The van der Waals surface area contributed by atoms with Gasteiger partial charge in [-0.05, 0) is 12.8 Å². The largest absolute Gasteiger partial charge is 0.375 e. The highest BCUT2D eigenvalue weighted by Crippen LogP contribution is 2.22. The Balaban J connectivity index is 2.18. The first-order valence-electron chi connectivity index (χ1n) is 6.34. The van der Waals surface area contributed by atoms with Gasteiger partial charge in [0.05, 0.1) is 17.6 Å². The smallest absolute Gasteiger partial charge is 0.131 e. The Bertz CT molecular complexity index is 383. The van der Waals surface area contributed by atoms with Crippen LogP contribution >= 0.6 is 0 Å². The van der Waals surface area contributed by atoms with Crippen LogP contribution in [-0.4, -0.2) is 30.1 Å². The molecule has 4 nitrogen and oxygen atoms in total. The molecule has 0 aromatic carbocycles. The molecule has 1 heterocycles. The maximum absolute atomic E-state index is 4.68. The van der Waals surface area contributed by atoms with Crippen LogP contribution in [0.1, 0.15) is 44.1 Å². The molecule has 1 aliphatic rings. The minimum absolute atomic E-state index is 0.380. The van der Waals surface area contributed by atoms with Crippen molar-refractivity contribution in [2.24, 2.45) is 0 Å². The highest BCUT2D eigenvalue weighted by Gasteiger charge is 2.21. The van der Waals surface area contributed by atoms with E-state index in [0.29, 0.717) is 12.0 Å². The van der Waals surface area contributed by atoms with Gasteiger partial charge in [0.25, 0.3) is 0 Å². The summed E-state index contributed by atoms with van der Waals surface area (Å²) < 4.78 is 0. The lowest BCUT2D eigenvalue weighted by atomic mass is 10.2. The summed E-state index contributed by atoms with van der Waals surface area (Å²) in [4.78, 5) is 11.2. The topological polar surface area (TPSA) is 41.1 Å². The Morgan fingerprint density at radius 1 is 1.41 bits per heavy atom. The molecule has 1 aromatic heterocycles. The second kappa shape index (κ2) is 5.00. The summed E-state index contributed by atoms with van der Waals surface area (Å²) in [6.07, 6.45) is 4.55. The molecule has 0 radical (unpaired) electrons. The Labute approximate surface area is 103 Å². The number of hydrogen-bond acceptors (Lipinski definition) is 4. The molecule has 17 heavy (non-hydrogen) atoms. The van der Waals surface area contributed by atoms with Crippen molar-refractivity contribution < 1.29 is 0 Å². The molecule has 0 atom stereocenters. The number of hydrogen-bond donors (Lipinski definition) is 1. The zero-order valence-electron chi connectivity index (χ0n) is 11.2. The van der Waals surface area contributed by atoms with Gasteiger partial charge in [0.1, 0.15) is 5.82 Å². The van der Waals surface area contributed by atoms with E-state index >= 15 is 0 Å². The van der Waals surface area contributed by atoms with Gasteiger partial charge in [-0.25, -0.2) is 9.97 Å². The first-order valence-corrected chi connectivity index (χ1v) is 6.34. The van der Waals surface area contributed by atoms with Crippen LogP contribution in [0.2, 0.25) is 0 Å². The minimum Gasteiger partial charge on any atom is -0.375 e. The van der Waals surface area contributed by atoms with Crippen molar-refractivity contribution >= 4 is 5.69 Å². The lowest BCUT2D eigenvalue weighted by Crippen LogP contribution is -2.21. The van der Waals surface area contributed by atoms with Crippen molar-refractivity contribution in [3.8, 4) is 0 Å².